The summed E-state index contributed by atoms with van der Waals surface area (Å²) in [6.45, 7) is 10.7. The lowest BCUT2D eigenvalue weighted by molar-refractivity contribution is 0.0920. The Kier molecular flexibility index (Phi) is 31.2. The van der Waals surface area contributed by atoms with Gasteiger partial charge in [-0.1, -0.05) is 114 Å². The van der Waals surface area contributed by atoms with Crippen molar-refractivity contribution in [3.8, 4) is 0 Å². The van der Waals surface area contributed by atoms with E-state index in [2.05, 4.69) is 223 Å². The molecule has 103 heavy (non-hydrogen) atoms. The van der Waals surface area contributed by atoms with E-state index in [4.69, 9.17) is 11.6 Å². The highest BCUT2D eigenvalue weighted by Crippen LogP contribution is 2.33. The van der Waals surface area contributed by atoms with Gasteiger partial charge in [0.15, 0.2) is 0 Å². The normalized spacial score (nSPS) is 12.7. The van der Waals surface area contributed by atoms with Crippen LogP contribution < -0.4 is 42.1 Å². The average molecular weight is 2020 g/mol. The van der Waals surface area contributed by atoms with Crippen LogP contribution in [0.5, 0.6) is 0 Å². The monoisotopic (exact) mass is 2020 g/mol. The second-order valence-corrected chi connectivity index (χ2v) is 33.2. The molecule has 2 fully saturated rings. The lowest BCUT2D eigenvalue weighted by Gasteiger charge is -2.23. The maximum Gasteiger partial charge on any atom is 0.260 e. The van der Waals surface area contributed by atoms with Gasteiger partial charge in [-0.3, -0.25) is 19.2 Å². The highest BCUT2D eigenvalue weighted by Gasteiger charge is 2.23. The standard InChI is InChI=1S/C22H20BrIN2O.C21H18I2N2O.C20H22ClIN2O.C20H22FIN2O/c1-14-4-3-5-16(10-14)13-25-22(27)19-12-17(23)6-8-21(19)26-20-9-7-18(24)11-15(20)2;1-14-12-15(22)8-10-19(14)24-20-11-9-16(23)13-18(20)21(26)25(2)17-6-4-3-5-7-17;2*1-13-11-15(22)8-10-18(13)24-19-9-7-14(21)12-17(19)20(25)23-16-5-3-2-4-6-16/h3-12,26H,13H2,1-2H3,(H,25,27);3-13,24H,1-2H3;2*7-12,16,24H,2-6H2,1H3,(H,23,25). The minimum absolute atomic E-state index is 0.0413. The van der Waals surface area contributed by atoms with Crippen LogP contribution in [0.3, 0.4) is 0 Å². The largest absolute Gasteiger partial charge is 0.355 e. The Morgan fingerprint density at radius 3 is 1.28 bits per heavy atom. The van der Waals surface area contributed by atoms with Crippen LogP contribution in [0.25, 0.3) is 0 Å². The molecule has 4 amide bonds. The highest BCUT2D eigenvalue weighted by molar-refractivity contribution is 14.1. The van der Waals surface area contributed by atoms with Gasteiger partial charge in [-0.25, -0.2) is 4.39 Å². The van der Waals surface area contributed by atoms with Crippen LogP contribution in [0.2, 0.25) is 5.02 Å². The number of benzene rings is 10. The molecule has 0 aromatic heterocycles. The van der Waals surface area contributed by atoms with Gasteiger partial charge in [0.2, 0.25) is 0 Å². The van der Waals surface area contributed by atoms with E-state index >= 15 is 0 Å². The Morgan fingerprint density at radius 1 is 0.427 bits per heavy atom. The molecular weight excluding hydrogens is 1940 g/mol. The van der Waals surface area contributed by atoms with Gasteiger partial charge >= 0.3 is 0 Å². The van der Waals surface area contributed by atoms with E-state index in [1.165, 1.54) is 54.1 Å². The van der Waals surface area contributed by atoms with Crippen LogP contribution in [0.15, 0.2) is 205 Å². The van der Waals surface area contributed by atoms with Gasteiger partial charge in [0.25, 0.3) is 23.6 Å². The molecule has 10 aromatic rings. The number of nitrogens with zero attached hydrogens (tertiary/aromatic N) is 1. The van der Waals surface area contributed by atoms with Crippen molar-refractivity contribution < 1.29 is 23.6 Å². The molecular formula is C83H82BrClFI5N8O4. The Morgan fingerprint density at radius 2 is 0.825 bits per heavy atom. The first kappa shape index (κ1) is 80.7. The van der Waals surface area contributed by atoms with Crippen molar-refractivity contribution in [1.29, 1.82) is 0 Å². The van der Waals surface area contributed by atoms with Crippen LogP contribution in [0, 0.1) is 58.3 Å². The molecule has 0 bridgehead atoms. The molecule has 2 aliphatic rings. The summed E-state index contributed by atoms with van der Waals surface area (Å²) in [5.41, 5.74) is 16.7. The first-order valence-electron chi connectivity index (χ1n) is 34.0. The zero-order chi connectivity index (χ0) is 73.7. The minimum atomic E-state index is -0.404. The van der Waals surface area contributed by atoms with E-state index < -0.39 is 5.82 Å². The van der Waals surface area contributed by atoms with Crippen molar-refractivity contribution in [2.75, 3.05) is 33.2 Å². The molecule has 0 saturated heterocycles. The summed E-state index contributed by atoms with van der Waals surface area (Å²) in [5, 5.41) is 23.3. The molecule has 0 aliphatic heterocycles. The third-order valence-electron chi connectivity index (χ3n) is 17.6. The Labute approximate surface area is 686 Å². The Bertz CT molecular complexity index is 4500. The lowest BCUT2D eigenvalue weighted by Crippen LogP contribution is -2.36. The van der Waals surface area contributed by atoms with Gasteiger partial charge < -0.3 is 42.1 Å². The summed E-state index contributed by atoms with van der Waals surface area (Å²) >= 11 is 21.0. The number of aryl methyl sites for hydroxylation is 5. The van der Waals surface area contributed by atoms with E-state index in [1.54, 1.807) is 24.1 Å². The average Bonchev–Trinajstić information content (AvgIpc) is 0.836. The number of hydrogen-bond acceptors (Lipinski definition) is 8. The number of carbonyl (C=O) groups is 4. The smallest absolute Gasteiger partial charge is 0.260 e. The van der Waals surface area contributed by atoms with Crippen molar-refractivity contribution >= 4 is 215 Å². The molecule has 0 unspecified atom stereocenters. The first-order valence-corrected chi connectivity index (χ1v) is 40.6. The van der Waals surface area contributed by atoms with Crippen LogP contribution in [-0.2, 0) is 6.54 Å². The Balaban J connectivity index is 0.000000160. The molecule has 7 N–H and O–H groups in total. The maximum atomic E-state index is 13.7. The van der Waals surface area contributed by atoms with Crippen molar-refractivity contribution in [2.24, 2.45) is 0 Å². The van der Waals surface area contributed by atoms with Crippen molar-refractivity contribution in [3.05, 3.63) is 289 Å². The molecule has 12 nitrogen and oxygen atoms in total. The van der Waals surface area contributed by atoms with E-state index in [0.717, 1.165) is 123 Å². The summed E-state index contributed by atoms with van der Waals surface area (Å²) in [7, 11) is 1.80. The Hall–Kier alpha value is -6.37. The number of para-hydroxylation sites is 1. The number of carbonyl (C=O) groups excluding carboxylic acids is 4. The first-order chi connectivity index (χ1) is 49.4. The van der Waals surface area contributed by atoms with Crippen LogP contribution in [-0.4, -0.2) is 42.8 Å². The molecule has 10 aromatic carbocycles. The number of hydrogen-bond donors (Lipinski definition) is 7. The lowest BCUT2D eigenvalue weighted by atomic mass is 9.95. The summed E-state index contributed by atoms with van der Waals surface area (Å²) < 4.78 is 20.3. The molecule has 2 aliphatic carbocycles. The summed E-state index contributed by atoms with van der Waals surface area (Å²) in [4.78, 5) is 53.1. The molecule has 12 rings (SSSR count). The predicted molar refractivity (Wildman–Crippen MR) is 470 cm³/mol. The molecule has 0 heterocycles. The van der Waals surface area contributed by atoms with Gasteiger partial charge in [-0.05, 0) is 359 Å². The summed E-state index contributed by atoms with van der Waals surface area (Å²) in [5.74, 6) is -0.820. The number of halogens is 8. The predicted octanol–water partition coefficient (Wildman–Crippen LogP) is 24.2. The van der Waals surface area contributed by atoms with Gasteiger partial charge in [0.1, 0.15) is 5.82 Å². The van der Waals surface area contributed by atoms with Gasteiger partial charge in [0, 0.05) is 81.5 Å². The molecule has 0 spiro atoms. The minimum Gasteiger partial charge on any atom is -0.355 e. The fraction of sp³-hybridized carbons (Fsp3) is 0.229. The molecule has 534 valence electrons. The van der Waals surface area contributed by atoms with Gasteiger partial charge in [0.05, 0.1) is 45.0 Å². The second kappa shape index (κ2) is 39.8. The van der Waals surface area contributed by atoms with Crippen LogP contribution in [0.1, 0.15) is 139 Å². The quantitative estimate of drug-likeness (QED) is 0.0445. The van der Waals surface area contributed by atoms with E-state index in [1.807, 2.05) is 153 Å². The number of amides is 4. The molecule has 0 radical (unpaired) electrons. The molecule has 2 saturated carbocycles. The van der Waals surface area contributed by atoms with Crippen LogP contribution >= 0.6 is 140 Å². The van der Waals surface area contributed by atoms with Gasteiger partial charge in [-0.15, -0.1) is 0 Å². The van der Waals surface area contributed by atoms with E-state index in [9.17, 15) is 23.6 Å². The maximum absolute atomic E-state index is 13.7. The van der Waals surface area contributed by atoms with E-state index in [0.29, 0.717) is 39.5 Å². The third-order valence-corrected chi connectivity index (χ3v) is 21.7. The van der Waals surface area contributed by atoms with Crippen LogP contribution in [0.4, 0.5) is 55.6 Å². The van der Waals surface area contributed by atoms with Crippen molar-refractivity contribution in [1.82, 2.24) is 16.0 Å². The SMILES string of the molecule is Cc1cc(I)ccc1Nc1ccc(Cl)cc1C(=O)NC1CCCCC1.Cc1cc(I)ccc1Nc1ccc(F)cc1C(=O)NC1CCCCC1.Cc1cc(I)ccc1Nc1ccc(I)cc1C(=O)N(C)c1ccccc1.Cc1cccc(CNC(=O)c2cc(Br)ccc2Nc2ccc(I)cc2C)c1. The highest BCUT2D eigenvalue weighted by atomic mass is 127. The fourth-order valence-corrected chi connectivity index (χ4v) is 15.6. The fourth-order valence-electron chi connectivity index (χ4n) is 12.0. The number of anilines is 9. The number of nitrogens with one attached hydrogen (secondary N) is 7. The van der Waals surface area contributed by atoms with E-state index in [-0.39, 0.29) is 35.7 Å². The van der Waals surface area contributed by atoms with Crippen molar-refractivity contribution in [3.63, 3.8) is 0 Å². The zero-order valence-corrected chi connectivity index (χ0v) is 71.2. The van der Waals surface area contributed by atoms with Crippen molar-refractivity contribution in [2.45, 2.75) is 117 Å². The topological polar surface area (TPSA) is 156 Å². The molecule has 20 heteroatoms. The second-order valence-electron chi connectivity index (χ2n) is 25.6. The van der Waals surface area contributed by atoms with Gasteiger partial charge in [-0.2, -0.15) is 0 Å². The summed E-state index contributed by atoms with van der Waals surface area (Å²) in [6, 6.07) is 64.3. The zero-order valence-electron chi connectivity index (χ0n) is 58.1. The summed E-state index contributed by atoms with van der Waals surface area (Å²) in [6.07, 6.45) is 11.3. The number of rotatable bonds is 17. The molecule has 0 atom stereocenters. The third kappa shape index (κ3) is 24.6.